The molecule has 214 valence electrons. The van der Waals surface area contributed by atoms with Gasteiger partial charge < -0.3 is 14.2 Å². The largest absolute Gasteiger partial charge is 0.491 e. The second kappa shape index (κ2) is 13.4. The van der Waals surface area contributed by atoms with E-state index in [0.29, 0.717) is 34.1 Å². The zero-order valence-electron chi connectivity index (χ0n) is 23.4. The molecule has 1 fully saturated rings. The van der Waals surface area contributed by atoms with E-state index in [1.165, 1.54) is 11.0 Å². The molecule has 0 radical (unpaired) electrons. The van der Waals surface area contributed by atoms with Crippen LogP contribution in [0.15, 0.2) is 65.6 Å². The maximum atomic E-state index is 13.1. The van der Waals surface area contributed by atoms with Crippen LogP contribution in [0, 0.1) is 17.0 Å². The molecule has 41 heavy (non-hydrogen) atoms. The molecule has 0 saturated carbocycles. The molecular formula is C31H32N2O7S. The quantitative estimate of drug-likeness (QED) is 0.127. The third kappa shape index (κ3) is 7.26. The SMILES string of the molecule is CCOc1cc(/C=C2\SC(=O)N(CCOc3cc(C)ccc3C(C)C)C2=O)ccc1OCc1ccccc1[N+](=O)[O-]. The van der Waals surface area contributed by atoms with Crippen molar-refractivity contribution in [2.75, 3.05) is 19.8 Å². The monoisotopic (exact) mass is 576 g/mol. The Morgan fingerprint density at radius 1 is 0.976 bits per heavy atom. The fraction of sp³-hybridized carbons (Fsp3) is 0.290. The van der Waals surface area contributed by atoms with Gasteiger partial charge in [0.25, 0.3) is 16.8 Å². The Hall–Kier alpha value is -4.31. The molecule has 0 spiro atoms. The lowest BCUT2D eigenvalue weighted by Crippen LogP contribution is -2.32. The number of para-hydroxylation sites is 1. The normalized spacial score (nSPS) is 14.2. The number of thioether (sulfide) groups is 1. The second-order valence-electron chi connectivity index (χ2n) is 9.69. The molecule has 3 aromatic rings. The summed E-state index contributed by atoms with van der Waals surface area (Å²) in [7, 11) is 0. The molecule has 1 saturated heterocycles. The van der Waals surface area contributed by atoms with E-state index in [1.807, 2.05) is 32.0 Å². The smallest absolute Gasteiger partial charge is 0.293 e. The lowest BCUT2D eigenvalue weighted by molar-refractivity contribution is -0.385. The number of hydrogen-bond acceptors (Lipinski definition) is 8. The summed E-state index contributed by atoms with van der Waals surface area (Å²) in [6.45, 7) is 8.66. The van der Waals surface area contributed by atoms with Crippen LogP contribution in [0.4, 0.5) is 10.5 Å². The van der Waals surface area contributed by atoms with Crippen LogP contribution in [0.3, 0.4) is 0 Å². The standard InChI is InChI=1S/C31H32N2O7S/c1-5-38-28-17-22(11-13-26(28)40-19-23-8-6-7-9-25(23)33(36)37)18-29-30(34)32(31(35)41-29)14-15-39-27-16-21(4)10-12-24(27)20(2)3/h6-13,16-18,20H,5,14-15,19H2,1-4H3/b29-18-. The average molecular weight is 577 g/mol. The number of nitro benzene ring substituents is 1. The van der Waals surface area contributed by atoms with Crippen molar-refractivity contribution < 1.29 is 28.7 Å². The van der Waals surface area contributed by atoms with E-state index in [9.17, 15) is 19.7 Å². The Morgan fingerprint density at radius 3 is 2.49 bits per heavy atom. The molecule has 9 nitrogen and oxygen atoms in total. The minimum atomic E-state index is -0.448. The molecule has 0 N–H and O–H groups in total. The van der Waals surface area contributed by atoms with E-state index in [2.05, 4.69) is 13.8 Å². The first kappa shape index (κ1) is 29.7. The molecule has 0 aliphatic carbocycles. The van der Waals surface area contributed by atoms with Crippen LogP contribution in [-0.2, 0) is 11.4 Å². The Kier molecular flexibility index (Phi) is 9.67. The van der Waals surface area contributed by atoms with Gasteiger partial charge in [-0.1, -0.05) is 44.2 Å². The van der Waals surface area contributed by atoms with Gasteiger partial charge in [0.15, 0.2) is 11.5 Å². The average Bonchev–Trinajstić information content (AvgIpc) is 3.20. The van der Waals surface area contributed by atoms with E-state index in [-0.39, 0.29) is 42.5 Å². The molecule has 1 aliphatic rings. The first-order valence-corrected chi connectivity index (χ1v) is 14.1. The van der Waals surface area contributed by atoms with Crippen LogP contribution in [0.25, 0.3) is 6.08 Å². The van der Waals surface area contributed by atoms with Gasteiger partial charge in [0.05, 0.1) is 28.5 Å². The number of nitrogens with zero attached hydrogens (tertiary/aromatic N) is 2. The molecule has 4 rings (SSSR count). The molecule has 3 aromatic carbocycles. The van der Waals surface area contributed by atoms with E-state index in [0.717, 1.165) is 28.6 Å². The van der Waals surface area contributed by atoms with Gasteiger partial charge in [-0.2, -0.15) is 0 Å². The Balaban J connectivity index is 1.44. The van der Waals surface area contributed by atoms with Crippen molar-refractivity contribution in [2.45, 2.75) is 40.2 Å². The van der Waals surface area contributed by atoms with Crippen LogP contribution in [0.1, 0.15) is 48.9 Å². The van der Waals surface area contributed by atoms with Crippen molar-refractivity contribution in [1.82, 2.24) is 4.90 Å². The van der Waals surface area contributed by atoms with Crippen LogP contribution >= 0.6 is 11.8 Å². The molecule has 0 atom stereocenters. The lowest BCUT2D eigenvalue weighted by Gasteiger charge is -2.17. The maximum Gasteiger partial charge on any atom is 0.293 e. The van der Waals surface area contributed by atoms with Crippen molar-refractivity contribution in [3.05, 3.63) is 97.9 Å². The van der Waals surface area contributed by atoms with E-state index < -0.39 is 4.92 Å². The number of nitro groups is 1. The number of aryl methyl sites for hydroxylation is 1. The summed E-state index contributed by atoms with van der Waals surface area (Å²) in [5, 5.41) is 11.0. The summed E-state index contributed by atoms with van der Waals surface area (Å²) in [5.41, 5.74) is 3.20. The van der Waals surface area contributed by atoms with Gasteiger partial charge in [-0.05, 0) is 78.6 Å². The fourth-order valence-corrected chi connectivity index (χ4v) is 5.17. The van der Waals surface area contributed by atoms with Gasteiger partial charge in [0.2, 0.25) is 0 Å². The van der Waals surface area contributed by atoms with Gasteiger partial charge in [-0.25, -0.2) is 0 Å². The number of hydrogen-bond donors (Lipinski definition) is 0. The van der Waals surface area contributed by atoms with E-state index >= 15 is 0 Å². The molecule has 2 amide bonds. The van der Waals surface area contributed by atoms with Crippen LogP contribution < -0.4 is 14.2 Å². The zero-order valence-corrected chi connectivity index (χ0v) is 24.2. The summed E-state index contributed by atoms with van der Waals surface area (Å²) in [4.78, 5) is 38.1. The Labute approximate surface area is 243 Å². The van der Waals surface area contributed by atoms with Gasteiger partial charge in [-0.3, -0.25) is 24.6 Å². The van der Waals surface area contributed by atoms with Crippen molar-refractivity contribution in [1.29, 1.82) is 0 Å². The number of benzene rings is 3. The van der Waals surface area contributed by atoms with Crippen molar-refractivity contribution in [3.63, 3.8) is 0 Å². The minimum absolute atomic E-state index is 0.0151. The molecule has 10 heteroatoms. The number of rotatable bonds is 12. The molecular weight excluding hydrogens is 544 g/mol. The minimum Gasteiger partial charge on any atom is -0.491 e. The van der Waals surface area contributed by atoms with E-state index in [4.69, 9.17) is 14.2 Å². The van der Waals surface area contributed by atoms with Gasteiger partial charge in [0, 0.05) is 6.07 Å². The lowest BCUT2D eigenvalue weighted by atomic mass is 10.0. The molecule has 1 aliphatic heterocycles. The molecule has 0 unspecified atom stereocenters. The molecule has 0 aromatic heterocycles. The third-order valence-electron chi connectivity index (χ3n) is 6.37. The summed E-state index contributed by atoms with van der Waals surface area (Å²) in [5.74, 6) is 1.48. The summed E-state index contributed by atoms with van der Waals surface area (Å²) in [6, 6.07) is 17.5. The highest BCUT2D eigenvalue weighted by molar-refractivity contribution is 8.18. The molecule has 1 heterocycles. The third-order valence-corrected chi connectivity index (χ3v) is 7.28. The number of carbonyl (C=O) groups is 2. The summed E-state index contributed by atoms with van der Waals surface area (Å²) in [6.07, 6.45) is 1.64. The van der Waals surface area contributed by atoms with Crippen LogP contribution in [0.2, 0.25) is 0 Å². The predicted molar refractivity (Wildman–Crippen MR) is 158 cm³/mol. The number of ether oxygens (including phenoxy) is 3. The van der Waals surface area contributed by atoms with Crippen molar-refractivity contribution in [3.8, 4) is 17.2 Å². The summed E-state index contributed by atoms with van der Waals surface area (Å²) < 4.78 is 17.6. The fourth-order valence-electron chi connectivity index (χ4n) is 4.30. The van der Waals surface area contributed by atoms with E-state index in [1.54, 1.807) is 42.5 Å². The summed E-state index contributed by atoms with van der Waals surface area (Å²) >= 11 is 0.876. The topological polar surface area (TPSA) is 108 Å². The number of amides is 2. The predicted octanol–water partition coefficient (Wildman–Crippen LogP) is 7.12. The van der Waals surface area contributed by atoms with Crippen LogP contribution in [0.5, 0.6) is 17.2 Å². The van der Waals surface area contributed by atoms with Crippen molar-refractivity contribution >= 4 is 34.7 Å². The highest BCUT2D eigenvalue weighted by Crippen LogP contribution is 2.35. The maximum absolute atomic E-state index is 13.1. The first-order chi connectivity index (χ1) is 19.7. The van der Waals surface area contributed by atoms with Gasteiger partial charge in [0.1, 0.15) is 19.0 Å². The highest BCUT2D eigenvalue weighted by Gasteiger charge is 2.35. The number of imide groups is 1. The first-order valence-electron chi connectivity index (χ1n) is 13.3. The zero-order chi connectivity index (χ0) is 29.5. The van der Waals surface area contributed by atoms with Gasteiger partial charge in [-0.15, -0.1) is 0 Å². The Bertz CT molecular complexity index is 1490. The number of carbonyl (C=O) groups excluding carboxylic acids is 2. The molecule has 0 bridgehead atoms. The highest BCUT2D eigenvalue weighted by atomic mass is 32.2. The van der Waals surface area contributed by atoms with Crippen molar-refractivity contribution in [2.24, 2.45) is 0 Å². The second-order valence-corrected chi connectivity index (χ2v) is 10.7. The van der Waals surface area contributed by atoms with Crippen LogP contribution in [-0.4, -0.2) is 40.7 Å². The Morgan fingerprint density at radius 2 is 1.76 bits per heavy atom. The van der Waals surface area contributed by atoms with Gasteiger partial charge >= 0.3 is 0 Å².